The molecule has 272 valence electrons. The van der Waals surface area contributed by atoms with Gasteiger partial charge in [0, 0.05) is 0 Å². The number of hydrogen-bond donors (Lipinski definition) is 0. The summed E-state index contributed by atoms with van der Waals surface area (Å²) in [7, 11) is 0. The van der Waals surface area contributed by atoms with E-state index in [9.17, 15) is 133 Å². The Morgan fingerprint density at radius 3 is 0.500 bits per heavy atom. The van der Waals surface area contributed by atoms with Crippen LogP contribution in [0.2, 0.25) is 0 Å². The molecule has 0 radical (unpaired) electrons. The molecule has 0 rings (SSSR count). The summed E-state index contributed by atoms with van der Waals surface area (Å²) in [6.07, 6.45) is -24.6. The monoisotopic (exact) mass is 755 g/mol. The van der Waals surface area contributed by atoms with Crippen LogP contribution in [0.15, 0.2) is 0 Å². The highest BCUT2D eigenvalue weighted by Gasteiger charge is 2.89. The van der Waals surface area contributed by atoms with Gasteiger partial charge in [0.25, 0.3) is 0 Å². The van der Waals surface area contributed by atoms with Crippen LogP contribution in [0.3, 0.4) is 0 Å². The van der Waals surface area contributed by atoms with E-state index in [-0.39, 0.29) is 0 Å². The number of halogens is 27. The third-order valence-corrected chi connectivity index (χ3v) is 4.85. The van der Waals surface area contributed by atoms with Gasteiger partial charge in [-0.3, -0.25) is 14.4 Å². The highest BCUT2D eigenvalue weighted by atomic mass is 19.4. The second-order valence-electron chi connectivity index (χ2n) is 7.91. The summed E-state index contributed by atoms with van der Waals surface area (Å²) >= 11 is 0. The number of nitrogens with zero attached hydrogens (tertiary/aromatic N) is 1. The van der Waals surface area contributed by atoms with E-state index in [1.807, 2.05) is 0 Å². The van der Waals surface area contributed by atoms with Crippen molar-refractivity contribution in [3.05, 3.63) is 0 Å². The maximum Gasteiger partial charge on any atom is 0.460 e. The molecule has 4 nitrogen and oxygen atoms in total. The zero-order valence-corrected chi connectivity index (χ0v) is 19.4. The van der Waals surface area contributed by atoms with E-state index >= 15 is 0 Å². The summed E-state index contributed by atoms with van der Waals surface area (Å²) in [4.78, 5) is 29.8. The SMILES string of the molecule is O=C(N(C(=O)C(F)(F)C(F)(F)C(F)(F)C(F)(F)F)C(=O)C(F)(F)C(F)(F)C(F)(F)C(F)(F)F)C(F)(F)C(F)(F)C(F)(F)C(F)(F)F. The van der Waals surface area contributed by atoms with Crippen LogP contribution in [0.4, 0.5) is 119 Å². The van der Waals surface area contributed by atoms with Gasteiger partial charge < -0.3 is 0 Å². The van der Waals surface area contributed by atoms with Crippen molar-refractivity contribution in [3.8, 4) is 0 Å². The predicted octanol–water partition coefficient (Wildman–Crippen LogP) is 7.27. The van der Waals surface area contributed by atoms with Crippen LogP contribution < -0.4 is 0 Å². The van der Waals surface area contributed by atoms with E-state index in [2.05, 4.69) is 0 Å². The molecule has 0 atom stereocenters. The summed E-state index contributed by atoms with van der Waals surface area (Å²) in [5, 5.41) is 0. The minimum absolute atomic E-state index is 4.67. The Morgan fingerprint density at radius 2 is 0.391 bits per heavy atom. The van der Waals surface area contributed by atoms with Crippen molar-refractivity contribution >= 4 is 17.7 Å². The van der Waals surface area contributed by atoms with Gasteiger partial charge in [0.2, 0.25) is 0 Å². The van der Waals surface area contributed by atoms with Gasteiger partial charge in [-0.1, -0.05) is 0 Å². The van der Waals surface area contributed by atoms with Crippen LogP contribution in [0.5, 0.6) is 0 Å². The zero-order valence-electron chi connectivity index (χ0n) is 19.4. The molecule has 0 aromatic carbocycles. The van der Waals surface area contributed by atoms with Crippen molar-refractivity contribution in [2.24, 2.45) is 0 Å². The minimum atomic E-state index is -8.91. The first-order valence-electron chi connectivity index (χ1n) is 9.39. The molecule has 0 fully saturated rings. The zero-order chi connectivity index (χ0) is 38.3. The molecule has 46 heavy (non-hydrogen) atoms. The highest BCUT2D eigenvalue weighted by molar-refractivity contribution is 6.17. The first-order valence-corrected chi connectivity index (χ1v) is 9.39. The highest BCUT2D eigenvalue weighted by Crippen LogP contribution is 2.58. The molecule has 0 N–H and O–H groups in total. The maximum absolute atomic E-state index is 13.9. The molecule has 0 aliphatic rings. The lowest BCUT2D eigenvalue weighted by Gasteiger charge is -2.39. The van der Waals surface area contributed by atoms with Crippen molar-refractivity contribution in [1.82, 2.24) is 4.90 Å². The first kappa shape index (κ1) is 42.9. The van der Waals surface area contributed by atoms with Crippen LogP contribution in [0, 0.1) is 0 Å². The molecular formula is C15F27NO3. The van der Waals surface area contributed by atoms with Crippen molar-refractivity contribution in [2.45, 2.75) is 71.8 Å². The molecule has 0 bridgehead atoms. The quantitative estimate of drug-likeness (QED) is 0.233. The molecule has 0 aromatic heterocycles. The van der Waals surface area contributed by atoms with E-state index in [0.717, 1.165) is 0 Å². The standard InChI is InChI=1S/C15F27NO3/c16-4(17,7(22,23)10(28,29)13(34,35)36)1(44)43(2(45)5(18,19)8(24,25)11(30,31)14(37,38)39)3(46)6(20,21)9(26,27)12(32,33)15(40,41)42. The van der Waals surface area contributed by atoms with Gasteiger partial charge in [0.05, 0.1) is 0 Å². The molecule has 0 heterocycles. The largest absolute Gasteiger partial charge is 0.460 e. The lowest BCUT2D eigenvalue weighted by molar-refractivity contribution is -0.393. The smallest absolute Gasteiger partial charge is 0.267 e. The fourth-order valence-electron chi connectivity index (χ4n) is 2.23. The molecule has 3 amide bonds. The normalized spacial score (nSPS) is 16.0. The number of rotatable bonds is 9. The third kappa shape index (κ3) is 5.60. The molecule has 0 aliphatic carbocycles. The summed E-state index contributed by atoms with van der Waals surface area (Å²) in [5.41, 5.74) is 0. The molecule has 0 unspecified atom stereocenters. The Balaban J connectivity index is 8.05. The number of alkyl halides is 27. The average Bonchev–Trinajstić information content (AvgIpc) is 2.80. The number of hydrogen-bond acceptors (Lipinski definition) is 3. The molecule has 0 saturated heterocycles. The lowest BCUT2D eigenvalue weighted by Crippen LogP contribution is -2.73. The van der Waals surface area contributed by atoms with Crippen molar-refractivity contribution < 1.29 is 133 Å². The Hall–Kier alpha value is -3.08. The Morgan fingerprint density at radius 1 is 0.261 bits per heavy atom. The lowest BCUT2D eigenvalue weighted by atomic mass is 9.97. The van der Waals surface area contributed by atoms with E-state index in [0.29, 0.717) is 0 Å². The fourth-order valence-corrected chi connectivity index (χ4v) is 2.23. The Labute approximate surface area is 229 Å². The summed E-state index contributed by atoms with van der Waals surface area (Å²) in [6.45, 7) is 0. The van der Waals surface area contributed by atoms with E-state index < -0.39 is 94.5 Å². The first-order chi connectivity index (χ1) is 19.3. The van der Waals surface area contributed by atoms with E-state index in [4.69, 9.17) is 0 Å². The van der Waals surface area contributed by atoms with Crippen LogP contribution in [-0.4, -0.2) is 94.5 Å². The molecule has 31 heteroatoms. The van der Waals surface area contributed by atoms with Crippen molar-refractivity contribution in [2.75, 3.05) is 0 Å². The minimum Gasteiger partial charge on any atom is -0.267 e. The van der Waals surface area contributed by atoms with Gasteiger partial charge in [-0.15, -0.1) is 0 Å². The molecule has 0 aliphatic heterocycles. The van der Waals surface area contributed by atoms with Gasteiger partial charge in [0.15, 0.2) is 0 Å². The Kier molecular flexibility index (Phi) is 10.0. The summed E-state index contributed by atoms with van der Waals surface area (Å²) < 4.78 is 351. The number of imide groups is 3. The average molecular weight is 755 g/mol. The van der Waals surface area contributed by atoms with Gasteiger partial charge in [-0.25, -0.2) is 4.90 Å². The molecule has 0 spiro atoms. The van der Waals surface area contributed by atoms with Gasteiger partial charge >= 0.3 is 89.6 Å². The van der Waals surface area contributed by atoms with Crippen LogP contribution in [0.1, 0.15) is 0 Å². The third-order valence-electron chi connectivity index (χ3n) is 4.85. The number of carbonyl (C=O) groups excluding carboxylic acids is 3. The van der Waals surface area contributed by atoms with Crippen molar-refractivity contribution in [1.29, 1.82) is 0 Å². The second kappa shape index (κ2) is 10.7. The summed E-state index contributed by atoms with van der Waals surface area (Å²) in [6, 6.07) is 0. The Bertz CT molecular complexity index is 1050. The van der Waals surface area contributed by atoms with Crippen LogP contribution >= 0.6 is 0 Å². The maximum atomic E-state index is 13.9. The second-order valence-corrected chi connectivity index (χ2v) is 7.91. The number of carbonyl (C=O) groups is 3. The van der Waals surface area contributed by atoms with Crippen molar-refractivity contribution in [3.63, 3.8) is 0 Å². The summed E-state index contributed by atoms with van der Waals surface area (Å²) in [5.74, 6) is -97.6. The fraction of sp³-hybridized carbons (Fsp3) is 0.800. The molecule has 0 aromatic rings. The van der Waals surface area contributed by atoms with Crippen LogP contribution in [0.25, 0.3) is 0 Å². The van der Waals surface area contributed by atoms with E-state index in [1.165, 1.54) is 0 Å². The van der Waals surface area contributed by atoms with Crippen LogP contribution in [-0.2, 0) is 14.4 Å². The van der Waals surface area contributed by atoms with E-state index in [1.54, 1.807) is 0 Å². The molecular weight excluding hydrogens is 755 g/mol. The predicted molar refractivity (Wildman–Crippen MR) is 79.5 cm³/mol. The topological polar surface area (TPSA) is 54.5 Å². The van der Waals surface area contributed by atoms with Gasteiger partial charge in [-0.2, -0.15) is 119 Å². The van der Waals surface area contributed by atoms with Gasteiger partial charge in [-0.05, 0) is 0 Å². The number of amides is 3. The molecule has 0 saturated carbocycles. The van der Waals surface area contributed by atoms with Gasteiger partial charge in [0.1, 0.15) is 0 Å².